The minimum Gasteiger partial charge on any atom is -0.482 e. The molecule has 0 saturated carbocycles. The molecule has 2 aliphatic heterocycles. The van der Waals surface area contributed by atoms with Crippen LogP contribution in [-0.4, -0.2) is 62.6 Å². The fraction of sp³-hybridized carbons (Fsp3) is 0.476. The number of aromatic nitrogens is 3. The lowest BCUT2D eigenvalue weighted by Crippen LogP contribution is -2.36. The van der Waals surface area contributed by atoms with Crippen LogP contribution in [0.2, 0.25) is 0 Å². The predicted molar refractivity (Wildman–Crippen MR) is 128 cm³/mol. The van der Waals surface area contributed by atoms with Crippen molar-refractivity contribution in [2.24, 2.45) is 5.10 Å². The zero-order valence-corrected chi connectivity index (χ0v) is 20.5. The lowest BCUT2D eigenvalue weighted by atomic mass is 10.1. The van der Waals surface area contributed by atoms with Crippen LogP contribution in [0.15, 0.2) is 28.5 Å². The number of nitrogens with zero attached hydrogens (tertiary/aromatic N) is 4. The van der Waals surface area contributed by atoms with E-state index in [0.717, 1.165) is 17.0 Å². The van der Waals surface area contributed by atoms with Crippen molar-refractivity contribution in [3.8, 4) is 5.75 Å². The van der Waals surface area contributed by atoms with Crippen LogP contribution in [0.1, 0.15) is 44.6 Å². The summed E-state index contributed by atoms with van der Waals surface area (Å²) in [6.07, 6.45) is 2.15. The summed E-state index contributed by atoms with van der Waals surface area (Å²) in [7, 11) is 0. The highest BCUT2D eigenvalue weighted by Crippen LogP contribution is 2.32. The van der Waals surface area contributed by atoms with Crippen molar-refractivity contribution in [2.75, 3.05) is 29.7 Å². The highest BCUT2D eigenvalue weighted by Gasteiger charge is 2.28. The molecule has 0 saturated heterocycles. The molecule has 2 aliphatic rings. The molecule has 2 N–H and O–H groups in total. The second kappa shape index (κ2) is 9.64. The molecule has 1 aromatic heterocycles. The van der Waals surface area contributed by atoms with E-state index in [-0.39, 0.29) is 12.5 Å². The fourth-order valence-electron chi connectivity index (χ4n) is 3.32. The van der Waals surface area contributed by atoms with Crippen molar-refractivity contribution in [3.63, 3.8) is 0 Å². The molecular weight excluding hydrogens is 464 g/mol. The van der Waals surface area contributed by atoms with Crippen LogP contribution in [0.5, 0.6) is 5.75 Å². The van der Waals surface area contributed by atoms with Crippen LogP contribution in [0.4, 0.5) is 10.5 Å². The first-order valence-corrected chi connectivity index (χ1v) is 12.8. The normalized spacial score (nSPS) is 16.0. The van der Waals surface area contributed by atoms with Gasteiger partial charge in [0.05, 0.1) is 17.4 Å². The Balaban J connectivity index is 1.62. The van der Waals surface area contributed by atoms with Crippen molar-refractivity contribution < 1.29 is 19.1 Å². The summed E-state index contributed by atoms with van der Waals surface area (Å²) in [5.74, 6) is 2.40. The van der Waals surface area contributed by atoms with E-state index in [1.807, 2.05) is 45.2 Å². The van der Waals surface area contributed by atoms with Crippen molar-refractivity contribution in [2.45, 2.75) is 44.0 Å². The quantitative estimate of drug-likeness (QED) is 0.633. The summed E-state index contributed by atoms with van der Waals surface area (Å²) >= 11 is 3.19. The largest absolute Gasteiger partial charge is 0.482 e. The topological polar surface area (TPSA) is 120 Å². The molecule has 1 atom stereocenters. The number of hydrogen-bond donors (Lipinski definition) is 2. The summed E-state index contributed by atoms with van der Waals surface area (Å²) in [4.78, 5) is 24.1. The average Bonchev–Trinajstić information content (AvgIpc) is 3.18. The third-order valence-corrected chi connectivity index (χ3v) is 6.33. The van der Waals surface area contributed by atoms with E-state index in [1.54, 1.807) is 16.4 Å². The Labute approximate surface area is 200 Å². The van der Waals surface area contributed by atoms with Crippen LogP contribution in [-0.2, 0) is 9.53 Å². The van der Waals surface area contributed by atoms with Crippen molar-refractivity contribution in [1.82, 2.24) is 20.2 Å². The molecule has 12 heteroatoms. The number of alkyl carbamates (subject to hydrolysis) is 1. The zero-order chi connectivity index (χ0) is 23.6. The van der Waals surface area contributed by atoms with Gasteiger partial charge in [-0.1, -0.05) is 11.8 Å². The van der Waals surface area contributed by atoms with Crippen molar-refractivity contribution >= 4 is 46.9 Å². The summed E-state index contributed by atoms with van der Waals surface area (Å²) in [6, 6.07) is 5.18. The monoisotopic (exact) mass is 490 g/mol. The van der Waals surface area contributed by atoms with Crippen molar-refractivity contribution in [3.05, 3.63) is 29.6 Å². The number of hydrogen-bond acceptors (Lipinski definition) is 9. The van der Waals surface area contributed by atoms with E-state index in [1.165, 1.54) is 11.8 Å². The number of carbonyl (C=O) groups is 2. The SMILES string of the molecule is CSCCC(NC(=O)OC(C)(C)C)c1nnc2n1N=C(c1ccc3c(c1)NC(=O)CO3)CS2. The molecule has 176 valence electrons. The molecule has 1 unspecified atom stereocenters. The summed E-state index contributed by atoms with van der Waals surface area (Å²) in [6.45, 7) is 5.48. The number of nitrogens with one attached hydrogen (secondary N) is 2. The number of anilines is 1. The van der Waals surface area contributed by atoms with Gasteiger partial charge in [0.25, 0.3) is 5.91 Å². The van der Waals surface area contributed by atoms with E-state index < -0.39 is 17.7 Å². The van der Waals surface area contributed by atoms with Gasteiger partial charge >= 0.3 is 6.09 Å². The van der Waals surface area contributed by atoms with Gasteiger partial charge in [-0.2, -0.15) is 21.5 Å². The Kier molecular flexibility index (Phi) is 6.84. The highest BCUT2D eigenvalue weighted by atomic mass is 32.2. The van der Waals surface area contributed by atoms with Crippen LogP contribution in [0.3, 0.4) is 0 Å². The first-order chi connectivity index (χ1) is 15.7. The molecule has 2 amide bonds. The molecule has 0 radical (unpaired) electrons. The summed E-state index contributed by atoms with van der Waals surface area (Å²) < 4.78 is 12.6. The lowest BCUT2D eigenvalue weighted by molar-refractivity contribution is -0.118. The number of benzene rings is 1. The van der Waals surface area contributed by atoms with Gasteiger partial charge in [-0.15, -0.1) is 10.2 Å². The number of thioether (sulfide) groups is 2. The molecule has 0 aliphatic carbocycles. The predicted octanol–water partition coefficient (Wildman–Crippen LogP) is 3.29. The summed E-state index contributed by atoms with van der Waals surface area (Å²) in [5.41, 5.74) is 1.68. The van der Waals surface area contributed by atoms with Crippen LogP contribution >= 0.6 is 23.5 Å². The van der Waals surface area contributed by atoms with Gasteiger partial charge in [0.15, 0.2) is 12.4 Å². The molecule has 4 rings (SSSR count). The van der Waals surface area contributed by atoms with Gasteiger partial charge in [-0.3, -0.25) is 4.79 Å². The Bertz CT molecular complexity index is 1090. The second-order valence-corrected chi connectivity index (χ2v) is 10.4. The minimum absolute atomic E-state index is 0.0126. The zero-order valence-electron chi connectivity index (χ0n) is 18.9. The van der Waals surface area contributed by atoms with E-state index >= 15 is 0 Å². The number of ether oxygens (including phenoxy) is 2. The molecule has 2 aromatic rings. The maximum atomic E-state index is 12.5. The number of rotatable bonds is 6. The van der Waals surface area contributed by atoms with Crippen LogP contribution < -0.4 is 15.4 Å². The van der Waals surface area contributed by atoms with E-state index in [9.17, 15) is 9.59 Å². The van der Waals surface area contributed by atoms with Gasteiger partial charge in [-0.25, -0.2) is 4.79 Å². The maximum absolute atomic E-state index is 12.5. The first kappa shape index (κ1) is 23.4. The van der Waals surface area contributed by atoms with Crippen molar-refractivity contribution in [1.29, 1.82) is 0 Å². The second-order valence-electron chi connectivity index (χ2n) is 8.52. The summed E-state index contributed by atoms with van der Waals surface area (Å²) in [5, 5.41) is 19.8. The smallest absolute Gasteiger partial charge is 0.408 e. The molecule has 1 aromatic carbocycles. The molecular formula is C21H26N6O4S2. The molecule has 0 fully saturated rings. The fourth-order valence-corrected chi connectivity index (χ4v) is 4.63. The molecule has 10 nitrogen and oxygen atoms in total. The molecule has 0 bridgehead atoms. The molecule has 33 heavy (non-hydrogen) atoms. The first-order valence-electron chi connectivity index (χ1n) is 10.4. The average molecular weight is 491 g/mol. The van der Waals surface area contributed by atoms with E-state index in [4.69, 9.17) is 14.6 Å². The Morgan fingerprint density at radius 1 is 1.39 bits per heavy atom. The number of fused-ring (bicyclic) bond motifs is 2. The lowest BCUT2D eigenvalue weighted by Gasteiger charge is -2.24. The van der Waals surface area contributed by atoms with Crippen LogP contribution in [0, 0.1) is 0 Å². The van der Waals surface area contributed by atoms with Gasteiger partial charge in [0.2, 0.25) is 5.16 Å². The Hall–Kier alpha value is -2.73. The number of carbonyl (C=O) groups excluding carboxylic acids is 2. The standard InChI is InChI=1S/C21H26N6O4S2/c1-21(2,3)31-20(29)23-13(7-8-32-4)18-24-25-19-27(18)26-15(11-33-19)12-5-6-16-14(9-12)22-17(28)10-30-16/h5-6,9,13H,7-8,10-11H2,1-4H3,(H,22,28)(H,23,29). The van der Waals surface area contributed by atoms with Gasteiger partial charge in [0.1, 0.15) is 11.4 Å². The Morgan fingerprint density at radius 2 is 2.21 bits per heavy atom. The Morgan fingerprint density at radius 3 is 2.97 bits per heavy atom. The third kappa shape index (κ3) is 5.61. The van der Waals surface area contributed by atoms with Crippen LogP contribution in [0.25, 0.3) is 0 Å². The van der Waals surface area contributed by atoms with E-state index in [2.05, 4.69) is 20.8 Å². The molecule has 3 heterocycles. The van der Waals surface area contributed by atoms with Gasteiger partial charge in [0, 0.05) is 11.3 Å². The van der Waals surface area contributed by atoms with E-state index in [0.29, 0.717) is 34.6 Å². The van der Waals surface area contributed by atoms with Gasteiger partial charge in [-0.05, 0) is 57.4 Å². The highest BCUT2D eigenvalue weighted by molar-refractivity contribution is 7.99. The molecule has 0 spiro atoms. The maximum Gasteiger partial charge on any atom is 0.408 e. The minimum atomic E-state index is -0.606. The number of amides is 2. The third-order valence-electron chi connectivity index (χ3n) is 4.75. The van der Waals surface area contributed by atoms with Gasteiger partial charge < -0.3 is 20.1 Å².